The largest absolute Gasteiger partial charge is 0.481 e. The molecule has 1 saturated carbocycles. The second kappa shape index (κ2) is 3.36. The summed E-state index contributed by atoms with van der Waals surface area (Å²) in [7, 11) is 1.97. The smallest absolute Gasteiger partial charge is 0.314 e. The predicted octanol–water partition coefficient (Wildman–Crippen LogP) is 2.68. The van der Waals surface area contributed by atoms with Crippen molar-refractivity contribution in [3.63, 3.8) is 0 Å². The van der Waals surface area contributed by atoms with Crippen LogP contribution in [0, 0.1) is 0 Å². The van der Waals surface area contributed by atoms with Crippen LogP contribution in [0.3, 0.4) is 0 Å². The second-order valence-electron chi connectivity index (χ2n) is 4.91. The zero-order valence-corrected chi connectivity index (χ0v) is 9.81. The van der Waals surface area contributed by atoms with E-state index in [-0.39, 0.29) is 0 Å². The summed E-state index contributed by atoms with van der Waals surface area (Å²) in [6.07, 6.45) is 4.51. The van der Waals surface area contributed by atoms with E-state index in [9.17, 15) is 9.90 Å². The van der Waals surface area contributed by atoms with E-state index in [0.717, 1.165) is 35.7 Å². The fourth-order valence-electron chi connectivity index (χ4n) is 2.85. The maximum Gasteiger partial charge on any atom is 0.314 e. The van der Waals surface area contributed by atoms with E-state index in [2.05, 4.69) is 0 Å². The van der Waals surface area contributed by atoms with Gasteiger partial charge in [-0.25, -0.2) is 0 Å². The minimum Gasteiger partial charge on any atom is -0.481 e. The van der Waals surface area contributed by atoms with Crippen LogP contribution in [0.15, 0.2) is 30.5 Å². The Kier molecular flexibility index (Phi) is 2.05. The molecule has 2 aromatic rings. The Morgan fingerprint density at radius 3 is 2.65 bits per heavy atom. The molecule has 0 amide bonds. The van der Waals surface area contributed by atoms with Crippen LogP contribution in [0.5, 0.6) is 0 Å². The molecule has 1 aromatic heterocycles. The molecule has 17 heavy (non-hydrogen) atoms. The van der Waals surface area contributed by atoms with Crippen molar-refractivity contribution in [1.82, 2.24) is 4.57 Å². The van der Waals surface area contributed by atoms with Gasteiger partial charge in [0.2, 0.25) is 0 Å². The molecule has 1 heterocycles. The molecular weight excluding hydrogens is 214 g/mol. The zero-order valence-electron chi connectivity index (χ0n) is 9.81. The summed E-state index contributed by atoms with van der Waals surface area (Å²) >= 11 is 0. The standard InChI is InChI=1S/C14H15NO2/c1-15-9-11(10-5-2-3-6-12(10)15)14(13(16)17)7-4-8-14/h2-3,5-6,9H,4,7-8H2,1H3,(H,16,17). The number of aliphatic carboxylic acids is 1. The first-order valence-corrected chi connectivity index (χ1v) is 5.93. The van der Waals surface area contributed by atoms with Crippen molar-refractivity contribution in [3.05, 3.63) is 36.0 Å². The number of carbonyl (C=O) groups is 1. The zero-order chi connectivity index (χ0) is 12.0. The number of hydrogen-bond donors (Lipinski definition) is 1. The molecule has 1 N–H and O–H groups in total. The second-order valence-corrected chi connectivity index (χ2v) is 4.91. The van der Waals surface area contributed by atoms with E-state index in [1.807, 2.05) is 42.1 Å². The molecule has 0 atom stereocenters. The highest BCUT2D eigenvalue weighted by atomic mass is 16.4. The Hall–Kier alpha value is -1.77. The number of nitrogens with zero attached hydrogens (tertiary/aromatic N) is 1. The molecule has 1 aliphatic carbocycles. The highest BCUT2D eigenvalue weighted by Gasteiger charge is 2.47. The SMILES string of the molecule is Cn1cc(C2(C(=O)O)CCC2)c2ccccc21. The molecule has 3 nitrogen and oxygen atoms in total. The van der Waals surface area contributed by atoms with Crippen LogP contribution in [-0.4, -0.2) is 15.6 Å². The summed E-state index contributed by atoms with van der Waals surface area (Å²) in [6.45, 7) is 0. The van der Waals surface area contributed by atoms with Gasteiger partial charge < -0.3 is 9.67 Å². The molecule has 0 unspecified atom stereocenters. The van der Waals surface area contributed by atoms with Gasteiger partial charge in [0.25, 0.3) is 0 Å². The maximum atomic E-state index is 11.5. The molecule has 0 radical (unpaired) electrons. The maximum absolute atomic E-state index is 11.5. The number of para-hydroxylation sites is 1. The van der Waals surface area contributed by atoms with Crippen LogP contribution in [0.25, 0.3) is 10.9 Å². The van der Waals surface area contributed by atoms with Crippen molar-refractivity contribution in [2.45, 2.75) is 24.7 Å². The minimum atomic E-state index is -0.680. The Morgan fingerprint density at radius 2 is 2.06 bits per heavy atom. The molecule has 0 saturated heterocycles. The van der Waals surface area contributed by atoms with Gasteiger partial charge in [-0.1, -0.05) is 24.6 Å². The molecule has 1 fully saturated rings. The number of fused-ring (bicyclic) bond motifs is 1. The van der Waals surface area contributed by atoms with E-state index in [0.29, 0.717) is 0 Å². The third-order valence-electron chi connectivity index (χ3n) is 4.03. The van der Waals surface area contributed by atoms with E-state index >= 15 is 0 Å². The summed E-state index contributed by atoms with van der Waals surface area (Å²) in [6, 6.07) is 8.01. The average Bonchev–Trinajstić information content (AvgIpc) is 2.56. The monoisotopic (exact) mass is 229 g/mol. The molecule has 1 aliphatic rings. The Labute approximate surface area is 99.7 Å². The number of aryl methyl sites for hydroxylation is 1. The summed E-state index contributed by atoms with van der Waals surface area (Å²) < 4.78 is 2.02. The van der Waals surface area contributed by atoms with Crippen LogP contribution in [0.1, 0.15) is 24.8 Å². The topological polar surface area (TPSA) is 42.2 Å². The molecule has 3 heteroatoms. The van der Waals surface area contributed by atoms with Crippen molar-refractivity contribution in [2.75, 3.05) is 0 Å². The normalized spacial score (nSPS) is 17.9. The van der Waals surface area contributed by atoms with Gasteiger partial charge in [0.15, 0.2) is 0 Å². The molecule has 0 bridgehead atoms. The van der Waals surface area contributed by atoms with E-state index in [4.69, 9.17) is 0 Å². The van der Waals surface area contributed by atoms with Gasteiger partial charge in [-0.05, 0) is 24.5 Å². The highest BCUT2D eigenvalue weighted by Crippen LogP contribution is 2.46. The lowest BCUT2D eigenvalue weighted by atomic mass is 9.64. The van der Waals surface area contributed by atoms with Gasteiger partial charge in [0.1, 0.15) is 0 Å². The van der Waals surface area contributed by atoms with E-state index < -0.39 is 11.4 Å². The van der Waals surface area contributed by atoms with Crippen LogP contribution in [0.2, 0.25) is 0 Å². The highest BCUT2D eigenvalue weighted by molar-refractivity contribution is 5.93. The quantitative estimate of drug-likeness (QED) is 0.860. The first-order chi connectivity index (χ1) is 8.15. The van der Waals surface area contributed by atoms with Gasteiger partial charge >= 0.3 is 5.97 Å². The van der Waals surface area contributed by atoms with Crippen LogP contribution >= 0.6 is 0 Å². The summed E-state index contributed by atoms with van der Waals surface area (Å²) in [5.74, 6) is -0.680. The molecule has 0 aliphatic heterocycles. The van der Waals surface area contributed by atoms with Crippen molar-refractivity contribution in [3.8, 4) is 0 Å². The van der Waals surface area contributed by atoms with Gasteiger partial charge in [-0.3, -0.25) is 4.79 Å². The Morgan fingerprint density at radius 1 is 1.35 bits per heavy atom. The third kappa shape index (κ3) is 1.25. The van der Waals surface area contributed by atoms with Crippen molar-refractivity contribution < 1.29 is 9.90 Å². The fourth-order valence-corrected chi connectivity index (χ4v) is 2.85. The predicted molar refractivity (Wildman–Crippen MR) is 66.1 cm³/mol. The molecule has 3 rings (SSSR count). The van der Waals surface area contributed by atoms with Gasteiger partial charge in [0, 0.05) is 24.1 Å². The Balaban J connectivity index is 2.27. The molecule has 88 valence electrons. The minimum absolute atomic E-state index is 0.638. The number of hydrogen-bond acceptors (Lipinski definition) is 1. The van der Waals surface area contributed by atoms with Crippen molar-refractivity contribution >= 4 is 16.9 Å². The lowest BCUT2D eigenvalue weighted by Gasteiger charge is -2.37. The summed E-state index contributed by atoms with van der Waals surface area (Å²) in [5.41, 5.74) is 1.45. The molecule has 0 spiro atoms. The van der Waals surface area contributed by atoms with Gasteiger partial charge in [-0.15, -0.1) is 0 Å². The Bertz CT molecular complexity index is 593. The first kappa shape index (κ1) is 10.4. The number of carboxylic acid groups (broad SMARTS) is 1. The lowest BCUT2D eigenvalue weighted by Crippen LogP contribution is -2.42. The lowest BCUT2D eigenvalue weighted by molar-refractivity contribution is -0.147. The molecular formula is C14H15NO2. The van der Waals surface area contributed by atoms with E-state index in [1.54, 1.807) is 0 Å². The number of carboxylic acids is 1. The number of rotatable bonds is 2. The summed E-state index contributed by atoms with van der Waals surface area (Å²) in [4.78, 5) is 11.5. The van der Waals surface area contributed by atoms with Crippen LogP contribution < -0.4 is 0 Å². The van der Waals surface area contributed by atoms with Crippen LogP contribution in [0.4, 0.5) is 0 Å². The number of benzene rings is 1. The van der Waals surface area contributed by atoms with Crippen molar-refractivity contribution in [1.29, 1.82) is 0 Å². The summed E-state index contributed by atoms with van der Waals surface area (Å²) in [5, 5.41) is 10.6. The first-order valence-electron chi connectivity index (χ1n) is 5.93. The average molecular weight is 229 g/mol. The fraction of sp³-hybridized carbons (Fsp3) is 0.357. The van der Waals surface area contributed by atoms with Crippen molar-refractivity contribution in [2.24, 2.45) is 7.05 Å². The van der Waals surface area contributed by atoms with Gasteiger partial charge in [-0.2, -0.15) is 0 Å². The van der Waals surface area contributed by atoms with E-state index in [1.165, 1.54) is 0 Å². The number of aromatic nitrogens is 1. The third-order valence-corrected chi connectivity index (χ3v) is 4.03. The molecule has 1 aromatic carbocycles. The van der Waals surface area contributed by atoms with Crippen LogP contribution in [-0.2, 0) is 17.3 Å². The van der Waals surface area contributed by atoms with Gasteiger partial charge in [0.05, 0.1) is 5.41 Å².